The molecule has 41 heavy (non-hydrogen) atoms. The molecule has 4 aromatic rings. The molecular weight excluding hydrogens is 536 g/mol. The maximum atomic E-state index is 13.7. The Labute approximate surface area is 242 Å². The van der Waals surface area contributed by atoms with E-state index < -0.39 is 22.5 Å². The number of carbonyl (C=O) groups excluding carboxylic acids is 1. The van der Waals surface area contributed by atoms with Crippen LogP contribution < -0.4 is 14.5 Å². The number of ether oxygens (including phenoxy) is 1. The molecule has 0 saturated heterocycles. The average molecular weight is 573 g/mol. The predicted molar refractivity (Wildman–Crippen MR) is 164 cm³/mol. The number of rotatable bonds is 10. The molecule has 0 fully saturated rings. The largest absolute Gasteiger partial charge is 0.492 e. The number of amides is 1. The number of para-hydroxylation sites is 2. The first-order chi connectivity index (χ1) is 19.5. The van der Waals surface area contributed by atoms with Gasteiger partial charge >= 0.3 is 0 Å². The fourth-order valence-corrected chi connectivity index (χ4v) is 6.24. The normalized spacial score (nSPS) is 11.6. The summed E-state index contributed by atoms with van der Waals surface area (Å²) in [7, 11) is -4.09. The monoisotopic (exact) mass is 572 g/mol. The molecule has 1 aromatic heterocycles. The zero-order chi connectivity index (χ0) is 29.7. The second kappa shape index (κ2) is 12.4. The van der Waals surface area contributed by atoms with Gasteiger partial charge in [-0.25, -0.2) is 13.8 Å². The third-order valence-corrected chi connectivity index (χ3v) is 8.43. The number of hydrogen-bond donors (Lipinski definition) is 1. The summed E-state index contributed by atoms with van der Waals surface area (Å²) < 4.78 is 36.4. The lowest BCUT2D eigenvalue weighted by atomic mass is 10.1. The van der Waals surface area contributed by atoms with Crippen LogP contribution in [0.5, 0.6) is 5.75 Å². The molecule has 0 radical (unpaired) electrons. The highest BCUT2D eigenvalue weighted by molar-refractivity contribution is 7.92. The van der Waals surface area contributed by atoms with Crippen molar-refractivity contribution in [2.45, 2.75) is 46.4 Å². The molecule has 214 valence electrons. The lowest BCUT2D eigenvalue weighted by molar-refractivity contribution is -0.119. The van der Waals surface area contributed by atoms with Crippen LogP contribution in [0, 0.1) is 34.6 Å². The van der Waals surface area contributed by atoms with Gasteiger partial charge in [0.05, 0.1) is 23.4 Å². The van der Waals surface area contributed by atoms with Gasteiger partial charge in [-0.2, -0.15) is 5.10 Å². The van der Waals surface area contributed by atoms with Gasteiger partial charge in [0.1, 0.15) is 12.3 Å². The molecule has 0 bridgehead atoms. The van der Waals surface area contributed by atoms with Crippen LogP contribution in [-0.2, 0) is 14.8 Å². The van der Waals surface area contributed by atoms with Gasteiger partial charge in [-0.15, -0.1) is 0 Å². The van der Waals surface area contributed by atoms with E-state index in [0.717, 1.165) is 32.5 Å². The van der Waals surface area contributed by atoms with E-state index in [1.54, 1.807) is 42.6 Å². The molecule has 1 amide bonds. The van der Waals surface area contributed by atoms with E-state index in [1.165, 1.54) is 23.3 Å². The van der Waals surface area contributed by atoms with Crippen LogP contribution in [0.25, 0.3) is 5.69 Å². The first-order valence-corrected chi connectivity index (χ1v) is 14.9. The topological polar surface area (TPSA) is 93.0 Å². The molecule has 0 unspecified atom stereocenters. The summed E-state index contributed by atoms with van der Waals surface area (Å²) >= 11 is 0. The first kappa shape index (κ1) is 29.6. The maximum absolute atomic E-state index is 13.7. The SMILES string of the molecule is CCOc1ccccc1N(CC(=O)N/N=C\c1cc(C)n(-c2cc(C)cc(C)c2)c1C)S(=O)(=O)c1ccc(C)cc1. The highest BCUT2D eigenvalue weighted by Crippen LogP contribution is 2.32. The fourth-order valence-electron chi connectivity index (χ4n) is 4.81. The van der Waals surface area contributed by atoms with Gasteiger partial charge in [0.15, 0.2) is 0 Å². The van der Waals surface area contributed by atoms with Crippen molar-refractivity contribution in [2.24, 2.45) is 5.10 Å². The molecule has 1 N–H and O–H groups in total. The van der Waals surface area contributed by atoms with Crippen LogP contribution in [0.2, 0.25) is 0 Å². The van der Waals surface area contributed by atoms with Crippen molar-refractivity contribution in [3.05, 3.63) is 106 Å². The second-order valence-electron chi connectivity index (χ2n) is 10.0. The Morgan fingerprint density at radius 1 is 0.927 bits per heavy atom. The van der Waals surface area contributed by atoms with Gasteiger partial charge < -0.3 is 9.30 Å². The Morgan fingerprint density at radius 2 is 1.59 bits per heavy atom. The minimum atomic E-state index is -4.09. The van der Waals surface area contributed by atoms with E-state index in [2.05, 4.69) is 47.1 Å². The standard InChI is InChI=1S/C32H36N4O4S/c1-7-40-31-11-9-8-10-30(31)35(41(38,39)29-14-12-22(2)13-15-29)21-32(37)34-33-20-27-19-25(5)36(26(27)6)28-17-23(3)16-24(4)18-28/h8-20H,7,21H2,1-6H3,(H,34,37)/b33-20-. The third kappa shape index (κ3) is 6.69. The van der Waals surface area contributed by atoms with Crippen LogP contribution in [0.1, 0.15) is 40.6 Å². The molecule has 0 saturated carbocycles. The number of nitrogens with zero attached hydrogens (tertiary/aromatic N) is 3. The zero-order valence-electron chi connectivity index (χ0n) is 24.3. The summed E-state index contributed by atoms with van der Waals surface area (Å²) in [6.45, 7) is 11.7. The molecule has 0 aliphatic heterocycles. The van der Waals surface area contributed by atoms with Crippen molar-refractivity contribution in [1.29, 1.82) is 0 Å². The van der Waals surface area contributed by atoms with Crippen molar-refractivity contribution in [2.75, 3.05) is 17.5 Å². The molecule has 4 rings (SSSR count). The zero-order valence-corrected chi connectivity index (χ0v) is 25.1. The van der Waals surface area contributed by atoms with Gasteiger partial charge in [-0.05, 0) is 95.1 Å². The Balaban J connectivity index is 1.60. The minimum absolute atomic E-state index is 0.0736. The number of hydrogen-bond acceptors (Lipinski definition) is 5. The summed E-state index contributed by atoms with van der Waals surface area (Å²) in [6, 6.07) is 21.6. The average Bonchev–Trinajstić information content (AvgIpc) is 3.20. The molecule has 0 aliphatic carbocycles. The van der Waals surface area contributed by atoms with Crippen LogP contribution in [0.3, 0.4) is 0 Å². The van der Waals surface area contributed by atoms with Gasteiger partial charge in [-0.1, -0.05) is 35.9 Å². The van der Waals surface area contributed by atoms with E-state index >= 15 is 0 Å². The number of carbonyl (C=O) groups is 1. The minimum Gasteiger partial charge on any atom is -0.492 e. The molecule has 1 heterocycles. The van der Waals surface area contributed by atoms with Gasteiger partial charge in [-0.3, -0.25) is 9.10 Å². The van der Waals surface area contributed by atoms with Crippen LogP contribution in [-0.4, -0.2) is 38.3 Å². The van der Waals surface area contributed by atoms with Gasteiger partial charge in [0.25, 0.3) is 15.9 Å². The summed E-state index contributed by atoms with van der Waals surface area (Å²) in [5.74, 6) is -0.229. The number of anilines is 1. The first-order valence-electron chi connectivity index (χ1n) is 13.4. The van der Waals surface area contributed by atoms with Crippen molar-refractivity contribution in [3.63, 3.8) is 0 Å². The van der Waals surface area contributed by atoms with Crippen molar-refractivity contribution >= 4 is 27.8 Å². The van der Waals surface area contributed by atoms with E-state index in [9.17, 15) is 13.2 Å². The molecule has 0 spiro atoms. The highest BCUT2D eigenvalue weighted by atomic mass is 32.2. The Kier molecular flexibility index (Phi) is 8.98. The van der Waals surface area contributed by atoms with Crippen LogP contribution >= 0.6 is 0 Å². The summed E-state index contributed by atoms with van der Waals surface area (Å²) in [6.07, 6.45) is 1.58. The van der Waals surface area contributed by atoms with Gasteiger partial charge in [0, 0.05) is 22.6 Å². The third-order valence-electron chi connectivity index (χ3n) is 6.66. The number of aromatic nitrogens is 1. The smallest absolute Gasteiger partial charge is 0.264 e. The lowest BCUT2D eigenvalue weighted by Crippen LogP contribution is -2.39. The van der Waals surface area contributed by atoms with Crippen molar-refractivity contribution in [3.8, 4) is 11.4 Å². The lowest BCUT2D eigenvalue weighted by Gasteiger charge is -2.25. The van der Waals surface area contributed by atoms with Crippen molar-refractivity contribution < 1.29 is 17.9 Å². The number of benzene rings is 3. The molecular formula is C32H36N4O4S. The number of sulfonamides is 1. The number of nitrogens with one attached hydrogen (secondary N) is 1. The highest BCUT2D eigenvalue weighted by Gasteiger charge is 2.29. The Morgan fingerprint density at radius 3 is 2.24 bits per heavy atom. The van der Waals surface area contributed by atoms with E-state index in [4.69, 9.17) is 4.74 Å². The van der Waals surface area contributed by atoms with E-state index in [0.29, 0.717) is 12.4 Å². The van der Waals surface area contributed by atoms with E-state index in [-0.39, 0.29) is 10.6 Å². The Hall–Kier alpha value is -4.37. The molecule has 0 aliphatic rings. The van der Waals surface area contributed by atoms with Crippen LogP contribution in [0.4, 0.5) is 5.69 Å². The summed E-state index contributed by atoms with van der Waals surface area (Å²) in [4.78, 5) is 13.2. The molecule has 9 heteroatoms. The summed E-state index contributed by atoms with van der Waals surface area (Å²) in [5, 5.41) is 4.17. The molecule has 3 aromatic carbocycles. The van der Waals surface area contributed by atoms with E-state index in [1.807, 2.05) is 33.8 Å². The van der Waals surface area contributed by atoms with Gasteiger partial charge in [0.2, 0.25) is 0 Å². The number of aryl methyl sites for hydroxylation is 4. The van der Waals surface area contributed by atoms with Crippen molar-refractivity contribution in [1.82, 2.24) is 9.99 Å². The predicted octanol–water partition coefficient (Wildman–Crippen LogP) is 5.76. The maximum Gasteiger partial charge on any atom is 0.264 e. The molecule has 8 nitrogen and oxygen atoms in total. The van der Waals surface area contributed by atoms with Crippen LogP contribution in [0.15, 0.2) is 82.8 Å². The number of hydrazone groups is 1. The molecule has 0 atom stereocenters. The second-order valence-corrected chi connectivity index (χ2v) is 11.9. The fraction of sp³-hybridized carbons (Fsp3) is 0.250. The quantitative estimate of drug-likeness (QED) is 0.193. The Bertz CT molecular complexity index is 1670. The summed E-state index contributed by atoms with van der Waals surface area (Å²) in [5.41, 5.74) is 9.95.